The Bertz CT molecular complexity index is 904. The second kappa shape index (κ2) is 13.3. The number of nitrogens with one attached hydrogen (secondary N) is 2. The van der Waals surface area contributed by atoms with Gasteiger partial charge in [0.05, 0.1) is 4.90 Å². The highest BCUT2D eigenvalue weighted by Crippen LogP contribution is 2.23. The van der Waals surface area contributed by atoms with Gasteiger partial charge in [-0.25, -0.2) is 8.42 Å². The Morgan fingerprint density at radius 1 is 1.03 bits per heavy atom. The summed E-state index contributed by atoms with van der Waals surface area (Å²) in [5, 5.41) is 6.73. The first kappa shape index (κ1) is 26.0. The van der Waals surface area contributed by atoms with Gasteiger partial charge in [0.1, 0.15) is 0 Å². The number of sulfonamides is 1. The third-order valence-corrected chi connectivity index (χ3v) is 8.07. The Hall–Kier alpha value is -1.30. The van der Waals surface area contributed by atoms with Crippen LogP contribution in [0.2, 0.25) is 0 Å². The molecular formula is C22H31IN4O2S2. The summed E-state index contributed by atoms with van der Waals surface area (Å²) >= 11 is 1.81. The summed E-state index contributed by atoms with van der Waals surface area (Å²) in [6.45, 7) is 2.74. The van der Waals surface area contributed by atoms with E-state index in [2.05, 4.69) is 27.8 Å². The van der Waals surface area contributed by atoms with Crippen LogP contribution in [0.15, 0.2) is 75.4 Å². The summed E-state index contributed by atoms with van der Waals surface area (Å²) in [4.78, 5) is 5.93. The van der Waals surface area contributed by atoms with Gasteiger partial charge in [0.15, 0.2) is 5.96 Å². The molecule has 3 rings (SSSR count). The highest BCUT2D eigenvalue weighted by Gasteiger charge is 2.29. The molecule has 1 heterocycles. The second-order valence-corrected chi connectivity index (χ2v) is 10.3. The van der Waals surface area contributed by atoms with Crippen molar-refractivity contribution in [2.75, 3.05) is 39.0 Å². The number of thioether (sulfide) groups is 1. The molecule has 0 atom stereocenters. The van der Waals surface area contributed by atoms with Gasteiger partial charge in [0.2, 0.25) is 10.0 Å². The maximum absolute atomic E-state index is 12.7. The van der Waals surface area contributed by atoms with Crippen molar-refractivity contribution in [3.63, 3.8) is 0 Å². The lowest BCUT2D eigenvalue weighted by atomic mass is 9.98. The molecule has 1 saturated heterocycles. The van der Waals surface area contributed by atoms with Gasteiger partial charge in [-0.05, 0) is 43.0 Å². The van der Waals surface area contributed by atoms with Gasteiger partial charge < -0.3 is 10.6 Å². The van der Waals surface area contributed by atoms with Crippen LogP contribution < -0.4 is 10.6 Å². The normalized spacial score (nSPS) is 15.8. The maximum atomic E-state index is 12.7. The van der Waals surface area contributed by atoms with Crippen LogP contribution in [0.1, 0.15) is 12.8 Å². The van der Waals surface area contributed by atoms with Gasteiger partial charge in [0.25, 0.3) is 0 Å². The average molecular weight is 575 g/mol. The van der Waals surface area contributed by atoms with E-state index in [1.165, 1.54) is 4.90 Å². The first-order valence-electron chi connectivity index (χ1n) is 10.3. The molecule has 31 heavy (non-hydrogen) atoms. The van der Waals surface area contributed by atoms with Gasteiger partial charge in [-0.3, -0.25) is 4.99 Å². The fourth-order valence-electron chi connectivity index (χ4n) is 3.41. The van der Waals surface area contributed by atoms with Crippen LogP contribution in [0.4, 0.5) is 0 Å². The summed E-state index contributed by atoms with van der Waals surface area (Å²) in [6.07, 6.45) is 1.69. The largest absolute Gasteiger partial charge is 0.356 e. The molecule has 2 aromatic carbocycles. The first-order chi connectivity index (χ1) is 14.6. The molecule has 0 amide bonds. The molecule has 9 heteroatoms. The summed E-state index contributed by atoms with van der Waals surface area (Å²) < 4.78 is 27.1. The van der Waals surface area contributed by atoms with Crippen molar-refractivity contribution in [3.05, 3.63) is 60.7 Å². The number of rotatable bonds is 8. The third kappa shape index (κ3) is 7.96. The molecule has 1 aliphatic rings. The number of halogens is 1. The molecule has 6 nitrogen and oxygen atoms in total. The minimum atomic E-state index is -3.38. The Labute approximate surface area is 207 Å². The predicted octanol–water partition coefficient (Wildman–Crippen LogP) is 3.66. The molecule has 1 fully saturated rings. The Kier molecular flexibility index (Phi) is 11.1. The van der Waals surface area contributed by atoms with E-state index >= 15 is 0 Å². The van der Waals surface area contributed by atoms with Gasteiger partial charge in [0, 0.05) is 43.9 Å². The molecule has 0 aliphatic carbocycles. The van der Waals surface area contributed by atoms with E-state index in [0.717, 1.165) is 37.6 Å². The van der Waals surface area contributed by atoms with Crippen molar-refractivity contribution in [2.24, 2.45) is 10.9 Å². The van der Waals surface area contributed by atoms with E-state index in [1.807, 2.05) is 36.0 Å². The van der Waals surface area contributed by atoms with Crippen LogP contribution in [-0.2, 0) is 10.0 Å². The minimum absolute atomic E-state index is 0. The highest BCUT2D eigenvalue weighted by atomic mass is 127. The number of guanidine groups is 1. The Balaban J connectivity index is 0.00000341. The number of piperidine rings is 1. The molecule has 0 radical (unpaired) electrons. The molecule has 0 spiro atoms. The average Bonchev–Trinajstić information content (AvgIpc) is 2.80. The summed E-state index contributed by atoms with van der Waals surface area (Å²) in [6, 6.07) is 19.0. The quantitative estimate of drug-likeness (QED) is 0.166. The summed E-state index contributed by atoms with van der Waals surface area (Å²) in [5.41, 5.74) is 0. The number of benzene rings is 2. The second-order valence-electron chi connectivity index (χ2n) is 7.20. The van der Waals surface area contributed by atoms with Crippen LogP contribution in [0.25, 0.3) is 0 Å². The van der Waals surface area contributed by atoms with Crippen LogP contribution in [0.3, 0.4) is 0 Å². The topological polar surface area (TPSA) is 73.8 Å². The number of aliphatic imine (C=N–C) groups is 1. The molecule has 0 aromatic heterocycles. The molecule has 0 saturated carbocycles. The fourth-order valence-corrected chi connectivity index (χ4v) is 5.69. The smallest absolute Gasteiger partial charge is 0.243 e. The van der Waals surface area contributed by atoms with Crippen LogP contribution in [0, 0.1) is 5.92 Å². The van der Waals surface area contributed by atoms with Crippen molar-refractivity contribution in [1.29, 1.82) is 0 Å². The van der Waals surface area contributed by atoms with E-state index in [-0.39, 0.29) is 24.0 Å². The van der Waals surface area contributed by atoms with Gasteiger partial charge in [-0.1, -0.05) is 36.4 Å². The minimum Gasteiger partial charge on any atom is -0.356 e. The molecule has 170 valence electrons. The van der Waals surface area contributed by atoms with E-state index in [0.29, 0.717) is 23.9 Å². The van der Waals surface area contributed by atoms with Crippen molar-refractivity contribution >= 4 is 51.7 Å². The maximum Gasteiger partial charge on any atom is 0.243 e. The lowest BCUT2D eigenvalue weighted by Crippen LogP contribution is -2.44. The zero-order valence-electron chi connectivity index (χ0n) is 17.7. The summed E-state index contributed by atoms with van der Waals surface area (Å²) in [5.74, 6) is 2.19. The number of nitrogens with zero attached hydrogens (tertiary/aromatic N) is 2. The van der Waals surface area contributed by atoms with E-state index in [9.17, 15) is 8.42 Å². The monoisotopic (exact) mass is 574 g/mol. The van der Waals surface area contributed by atoms with Crippen LogP contribution in [-0.4, -0.2) is 57.7 Å². The molecule has 0 unspecified atom stereocenters. The molecule has 2 N–H and O–H groups in total. The van der Waals surface area contributed by atoms with Gasteiger partial charge >= 0.3 is 0 Å². The lowest BCUT2D eigenvalue weighted by Gasteiger charge is -2.31. The predicted molar refractivity (Wildman–Crippen MR) is 140 cm³/mol. The zero-order valence-corrected chi connectivity index (χ0v) is 21.7. The molecule has 0 bridgehead atoms. The first-order valence-corrected chi connectivity index (χ1v) is 12.7. The highest BCUT2D eigenvalue weighted by molar-refractivity contribution is 14.0. The number of hydrogen-bond acceptors (Lipinski definition) is 4. The van der Waals surface area contributed by atoms with Gasteiger partial charge in [-0.2, -0.15) is 4.31 Å². The Morgan fingerprint density at radius 3 is 2.26 bits per heavy atom. The zero-order chi connectivity index (χ0) is 21.2. The van der Waals surface area contributed by atoms with Crippen LogP contribution in [0.5, 0.6) is 0 Å². The summed E-state index contributed by atoms with van der Waals surface area (Å²) in [7, 11) is -1.61. The Morgan fingerprint density at radius 2 is 1.65 bits per heavy atom. The standard InChI is InChI=1S/C22H30N4O2S2.HI/c1-23-22(24-14-17-29-20-8-4-2-5-9-20)25-18-19-12-15-26(16-13-19)30(27,28)21-10-6-3-7-11-21;/h2-11,19H,12-18H2,1H3,(H2,23,24,25);1H. The van der Waals surface area contributed by atoms with Crippen molar-refractivity contribution in [2.45, 2.75) is 22.6 Å². The molecule has 1 aliphatic heterocycles. The number of hydrogen-bond donors (Lipinski definition) is 2. The van der Waals surface area contributed by atoms with E-state index in [4.69, 9.17) is 0 Å². The van der Waals surface area contributed by atoms with Crippen molar-refractivity contribution < 1.29 is 8.42 Å². The fraction of sp³-hybridized carbons (Fsp3) is 0.409. The molecule has 2 aromatic rings. The van der Waals surface area contributed by atoms with Crippen molar-refractivity contribution in [1.82, 2.24) is 14.9 Å². The van der Waals surface area contributed by atoms with Gasteiger partial charge in [-0.15, -0.1) is 35.7 Å². The van der Waals surface area contributed by atoms with Crippen LogP contribution >= 0.6 is 35.7 Å². The third-order valence-electron chi connectivity index (χ3n) is 5.14. The lowest BCUT2D eigenvalue weighted by molar-refractivity contribution is 0.273. The SMILES string of the molecule is CN=C(NCCSc1ccccc1)NCC1CCN(S(=O)(=O)c2ccccc2)CC1.I. The molecular weight excluding hydrogens is 543 g/mol. The van der Waals surface area contributed by atoms with Crippen molar-refractivity contribution in [3.8, 4) is 0 Å². The van der Waals surface area contributed by atoms with E-state index < -0.39 is 10.0 Å². The van der Waals surface area contributed by atoms with E-state index in [1.54, 1.807) is 35.6 Å².